The molecule has 0 spiro atoms. The predicted molar refractivity (Wildman–Crippen MR) is 223 cm³/mol. The zero-order valence-electron chi connectivity index (χ0n) is 29.2. The van der Waals surface area contributed by atoms with Gasteiger partial charge in [0.15, 0.2) is 0 Å². The van der Waals surface area contributed by atoms with Crippen molar-refractivity contribution in [3.05, 3.63) is 235 Å². The summed E-state index contributed by atoms with van der Waals surface area (Å²) < 4.78 is 0. The third kappa shape index (κ3) is 5.03. The molecule has 1 aliphatic rings. The van der Waals surface area contributed by atoms with Gasteiger partial charge in [0.1, 0.15) is 0 Å². The molecule has 0 bridgehead atoms. The summed E-state index contributed by atoms with van der Waals surface area (Å²) in [4.78, 5) is 2.43. The summed E-state index contributed by atoms with van der Waals surface area (Å²) in [6.07, 6.45) is 0. The highest BCUT2D eigenvalue weighted by molar-refractivity contribution is 6.12. The van der Waals surface area contributed by atoms with Gasteiger partial charge >= 0.3 is 0 Å². The van der Waals surface area contributed by atoms with Crippen molar-refractivity contribution in [2.75, 3.05) is 10.2 Å². The second-order valence-corrected chi connectivity index (χ2v) is 13.8. The van der Waals surface area contributed by atoms with Crippen molar-refractivity contribution in [2.24, 2.45) is 0 Å². The minimum Gasteiger partial charge on any atom is -0.356 e. The molecule has 0 saturated carbocycles. The first-order chi connectivity index (χ1) is 26.3. The van der Waals surface area contributed by atoms with E-state index in [1.807, 2.05) is 0 Å². The molecule has 0 heterocycles. The zero-order valence-corrected chi connectivity index (χ0v) is 29.2. The Morgan fingerprint density at radius 3 is 1.66 bits per heavy atom. The topological polar surface area (TPSA) is 15.3 Å². The van der Waals surface area contributed by atoms with Crippen molar-refractivity contribution in [1.82, 2.24) is 0 Å². The summed E-state index contributed by atoms with van der Waals surface area (Å²) in [6, 6.07) is 77.2. The van der Waals surface area contributed by atoms with Crippen LogP contribution in [0.2, 0.25) is 0 Å². The van der Waals surface area contributed by atoms with Crippen LogP contribution in [-0.4, -0.2) is 0 Å². The smallest absolute Gasteiger partial charge is 0.0715 e. The number of nitrogens with zero attached hydrogens (tertiary/aromatic N) is 1. The van der Waals surface area contributed by atoms with Crippen molar-refractivity contribution in [3.8, 4) is 11.1 Å². The molecule has 0 radical (unpaired) electrons. The van der Waals surface area contributed by atoms with E-state index in [9.17, 15) is 0 Å². The number of hydrogen-bond donors (Lipinski definition) is 1. The Bertz CT molecular complexity index is 2700. The molecule has 0 unspecified atom stereocenters. The van der Waals surface area contributed by atoms with Gasteiger partial charge in [-0.2, -0.15) is 0 Å². The molecule has 0 aliphatic heterocycles. The van der Waals surface area contributed by atoms with E-state index in [2.05, 4.69) is 223 Å². The van der Waals surface area contributed by atoms with Gasteiger partial charge in [0.05, 0.1) is 11.1 Å². The van der Waals surface area contributed by atoms with Crippen LogP contribution in [-0.2, 0) is 5.41 Å². The number of fused-ring (bicyclic) bond motifs is 6. The number of anilines is 5. The summed E-state index contributed by atoms with van der Waals surface area (Å²) in [7, 11) is 0. The van der Waals surface area contributed by atoms with Gasteiger partial charge in [0.2, 0.25) is 0 Å². The number of rotatable bonds is 7. The van der Waals surface area contributed by atoms with Crippen LogP contribution in [0.15, 0.2) is 212 Å². The molecule has 9 aromatic carbocycles. The van der Waals surface area contributed by atoms with Crippen molar-refractivity contribution in [2.45, 2.75) is 5.41 Å². The fourth-order valence-corrected chi connectivity index (χ4v) is 8.60. The second-order valence-electron chi connectivity index (χ2n) is 13.8. The maximum Gasteiger partial charge on any atom is 0.0715 e. The van der Waals surface area contributed by atoms with Crippen LogP contribution in [0, 0.1) is 0 Å². The molecule has 2 heteroatoms. The summed E-state index contributed by atoms with van der Waals surface area (Å²) in [6.45, 7) is 0. The number of para-hydroxylation sites is 2. The van der Waals surface area contributed by atoms with Crippen LogP contribution in [0.25, 0.3) is 32.7 Å². The monoisotopic (exact) mass is 676 g/mol. The molecular formula is C51H36N2. The highest BCUT2D eigenvalue weighted by Crippen LogP contribution is 2.58. The third-order valence-corrected chi connectivity index (χ3v) is 10.9. The maximum absolute atomic E-state index is 3.70. The molecular weight excluding hydrogens is 641 g/mol. The largest absolute Gasteiger partial charge is 0.356 e. The number of nitrogens with one attached hydrogen (secondary N) is 1. The minimum atomic E-state index is -0.561. The quantitative estimate of drug-likeness (QED) is 0.169. The molecule has 0 aromatic heterocycles. The van der Waals surface area contributed by atoms with E-state index >= 15 is 0 Å². The van der Waals surface area contributed by atoms with Gasteiger partial charge in [-0.25, -0.2) is 0 Å². The summed E-state index contributed by atoms with van der Waals surface area (Å²) >= 11 is 0. The van der Waals surface area contributed by atoms with E-state index in [4.69, 9.17) is 0 Å². The maximum atomic E-state index is 3.70. The highest BCUT2D eigenvalue weighted by Gasteiger charge is 2.46. The van der Waals surface area contributed by atoms with E-state index in [1.54, 1.807) is 0 Å². The van der Waals surface area contributed by atoms with Crippen molar-refractivity contribution >= 4 is 50.0 Å². The zero-order chi connectivity index (χ0) is 35.2. The first-order valence-corrected chi connectivity index (χ1v) is 18.3. The van der Waals surface area contributed by atoms with Crippen LogP contribution < -0.4 is 10.2 Å². The van der Waals surface area contributed by atoms with Gasteiger partial charge < -0.3 is 10.2 Å². The summed E-state index contributed by atoms with van der Waals surface area (Å²) in [5, 5.41) is 8.66. The summed E-state index contributed by atoms with van der Waals surface area (Å²) in [5.74, 6) is 0. The minimum absolute atomic E-state index is 0.561. The fraction of sp³-hybridized carbons (Fsp3) is 0.0196. The Morgan fingerprint density at radius 2 is 0.943 bits per heavy atom. The summed E-state index contributed by atoms with van der Waals surface area (Å²) in [5.41, 5.74) is 12.5. The van der Waals surface area contributed by atoms with Crippen LogP contribution in [0.4, 0.5) is 28.4 Å². The van der Waals surface area contributed by atoms with Crippen LogP contribution in [0.3, 0.4) is 0 Å². The van der Waals surface area contributed by atoms with E-state index < -0.39 is 5.41 Å². The second kappa shape index (κ2) is 12.7. The first-order valence-electron chi connectivity index (χ1n) is 18.3. The van der Waals surface area contributed by atoms with E-state index in [-0.39, 0.29) is 0 Å². The molecule has 250 valence electrons. The molecule has 0 fully saturated rings. The van der Waals surface area contributed by atoms with Gasteiger partial charge in [0.25, 0.3) is 0 Å². The Kier molecular flexibility index (Phi) is 7.40. The molecule has 10 rings (SSSR count). The molecule has 2 nitrogen and oxygen atoms in total. The van der Waals surface area contributed by atoms with Gasteiger partial charge in [-0.3, -0.25) is 0 Å². The Hall–Kier alpha value is -6.90. The van der Waals surface area contributed by atoms with Crippen molar-refractivity contribution < 1.29 is 0 Å². The molecule has 1 N–H and O–H groups in total. The Labute approximate surface area is 310 Å². The van der Waals surface area contributed by atoms with Crippen LogP contribution >= 0.6 is 0 Å². The van der Waals surface area contributed by atoms with Crippen molar-refractivity contribution in [1.29, 1.82) is 0 Å². The van der Waals surface area contributed by atoms with Gasteiger partial charge in [-0.05, 0) is 104 Å². The normalized spacial score (nSPS) is 12.7. The lowest BCUT2D eigenvalue weighted by molar-refractivity contribution is 0.769. The lowest BCUT2D eigenvalue weighted by Gasteiger charge is -2.35. The predicted octanol–water partition coefficient (Wildman–Crippen LogP) is 13.6. The van der Waals surface area contributed by atoms with E-state index in [0.29, 0.717) is 0 Å². The SMILES string of the molecule is c1ccc(Nc2ccc3c(c2)C(c2ccccc2)(c2ccccc2)c2cc(N(c4ccccc4)c4cccc5c4ccc4ccccc45)ccc2-3)cc1. The lowest BCUT2D eigenvalue weighted by Crippen LogP contribution is -2.29. The number of benzene rings is 9. The molecule has 9 aromatic rings. The Balaban J connectivity index is 1.24. The molecule has 53 heavy (non-hydrogen) atoms. The lowest BCUT2D eigenvalue weighted by atomic mass is 9.67. The first kappa shape index (κ1) is 30.9. The number of hydrogen-bond acceptors (Lipinski definition) is 2. The molecule has 0 amide bonds. The van der Waals surface area contributed by atoms with Gasteiger partial charge in [0, 0.05) is 28.1 Å². The highest BCUT2D eigenvalue weighted by atomic mass is 15.1. The standard InChI is InChI=1S/C51H36N2/c1-5-17-37(18-6-1)51(38-19-7-2-8-20-38)48-34-40(52-39-21-9-3-10-22-39)29-32-45(48)46-33-30-42(35-49(46)51)53(41-23-11-4-12-24-41)50-27-15-26-44-43-25-14-13-16-36(43)28-31-47(44)50/h1-35,52H. The van der Waals surface area contributed by atoms with E-state index in [0.717, 1.165) is 28.4 Å². The van der Waals surface area contributed by atoms with Crippen molar-refractivity contribution in [3.63, 3.8) is 0 Å². The van der Waals surface area contributed by atoms with Crippen LogP contribution in [0.5, 0.6) is 0 Å². The average Bonchev–Trinajstić information content (AvgIpc) is 3.52. The van der Waals surface area contributed by atoms with Gasteiger partial charge in [-0.1, -0.05) is 158 Å². The van der Waals surface area contributed by atoms with Gasteiger partial charge in [-0.15, -0.1) is 0 Å². The average molecular weight is 677 g/mol. The van der Waals surface area contributed by atoms with Crippen LogP contribution in [0.1, 0.15) is 22.3 Å². The Morgan fingerprint density at radius 1 is 0.358 bits per heavy atom. The molecule has 0 atom stereocenters. The third-order valence-electron chi connectivity index (χ3n) is 10.9. The molecule has 0 saturated heterocycles. The molecule has 1 aliphatic carbocycles. The fourth-order valence-electron chi connectivity index (χ4n) is 8.60. The van der Waals surface area contributed by atoms with E-state index in [1.165, 1.54) is 54.9 Å².